The van der Waals surface area contributed by atoms with E-state index in [2.05, 4.69) is 71.2 Å². The van der Waals surface area contributed by atoms with Crippen LogP contribution in [0.1, 0.15) is 112 Å². The van der Waals surface area contributed by atoms with Gasteiger partial charge >= 0.3 is 0 Å². The van der Waals surface area contributed by atoms with Crippen molar-refractivity contribution >= 4 is 11.4 Å². The van der Waals surface area contributed by atoms with Gasteiger partial charge in [0.2, 0.25) is 0 Å². The molecule has 10 fully saturated rings. The Bertz CT molecular complexity index is 1410. The number of hydrazone groups is 1. The molecule has 2 spiro atoms. The molecular weight excluding hydrogens is 604 g/mol. The number of hydrogen-bond donors (Lipinski definition) is 1. The molecule has 1 N–H and O–H groups in total. The van der Waals surface area contributed by atoms with Gasteiger partial charge in [-0.3, -0.25) is 5.43 Å². The van der Waals surface area contributed by atoms with Crippen molar-refractivity contribution in [2.24, 2.45) is 52.4 Å². The van der Waals surface area contributed by atoms with Gasteiger partial charge in [0.25, 0.3) is 0 Å². The second-order valence-electron chi connectivity index (χ2n) is 18.2. The number of hydrogen-bond acceptors (Lipinski definition) is 8. The Hall–Kier alpha value is -1.55. The Labute approximate surface area is 287 Å². The van der Waals surface area contributed by atoms with Gasteiger partial charge in [0.1, 0.15) is 28.5 Å². The van der Waals surface area contributed by atoms with Crippen LogP contribution in [0.4, 0.5) is 5.69 Å². The van der Waals surface area contributed by atoms with Crippen LogP contribution >= 0.6 is 0 Å². The molecule has 0 radical (unpaired) electrons. The predicted octanol–water partition coefficient (Wildman–Crippen LogP) is 8.26. The highest BCUT2D eigenvalue weighted by Crippen LogP contribution is 2.63. The first-order chi connectivity index (χ1) is 23.1. The Kier molecular flexibility index (Phi) is 7.74. The molecule has 1 aromatic rings. The number of ether oxygens (including phenoxy) is 2. The number of nitrogens with one attached hydrogen (secondary N) is 1. The first-order valence-corrected chi connectivity index (χ1v) is 19.5. The number of fused-ring (bicyclic) bond motifs is 4. The largest absolute Gasteiger partial charge is 0.371 e. The molecular formula is C40H58N2O6. The summed E-state index contributed by atoms with van der Waals surface area (Å²) in [5, 5.41) is 5.26. The molecule has 0 unspecified atom stereocenters. The van der Waals surface area contributed by atoms with Crippen molar-refractivity contribution in [3.63, 3.8) is 0 Å². The molecule has 1 aromatic carbocycles. The van der Waals surface area contributed by atoms with Crippen molar-refractivity contribution in [3.8, 4) is 0 Å². The van der Waals surface area contributed by atoms with E-state index in [1.54, 1.807) is 0 Å². The lowest BCUT2D eigenvalue weighted by molar-refractivity contribution is -0.487. The van der Waals surface area contributed by atoms with Crippen LogP contribution < -0.4 is 5.43 Å². The normalized spacial score (nSPS) is 54.1. The first-order valence-electron chi connectivity index (χ1n) is 19.5. The minimum atomic E-state index is -0.386. The summed E-state index contributed by atoms with van der Waals surface area (Å²) < 4.78 is 14.7. The van der Waals surface area contributed by atoms with E-state index >= 15 is 0 Å². The summed E-state index contributed by atoms with van der Waals surface area (Å²) in [6.45, 7) is 14.1. The summed E-state index contributed by atoms with van der Waals surface area (Å²) in [6, 6.07) is 10.3. The van der Waals surface area contributed by atoms with E-state index in [9.17, 15) is 0 Å². The third kappa shape index (κ3) is 4.71. The third-order valence-electron chi connectivity index (χ3n) is 15.4. The molecule has 264 valence electrons. The topological polar surface area (TPSA) is 79.8 Å². The molecule has 16 atom stereocenters. The standard InChI is InChI=1S/C40H58N2O6/c1-23-12-14-30-25(3)33(43-34-21-37(5)18-16-28(23)39(30,34)47-45-37)20-32(42-41-27-10-8-7-9-11-27)36-26(4)31-15-13-24(2)29-17-19-38(6)22-35(44-36)40(29,31)48-46-38/h7-11,23-26,28-31,33-36,41H,12-22H2,1-6H3/b42-32-/t23-,24-,25-,26-,28+,29+,30+,31+,33-,34-,35-,36+,37-,38-,39-,40-/m1/s1. The minimum Gasteiger partial charge on any atom is -0.371 e. The molecule has 48 heavy (non-hydrogen) atoms. The maximum atomic E-state index is 7.39. The molecule has 11 rings (SSSR count). The van der Waals surface area contributed by atoms with Gasteiger partial charge in [-0.2, -0.15) is 5.10 Å². The second-order valence-corrected chi connectivity index (χ2v) is 18.2. The molecule has 6 heterocycles. The molecule has 4 bridgehead atoms. The van der Waals surface area contributed by atoms with Crippen LogP contribution in [0, 0.1) is 47.3 Å². The van der Waals surface area contributed by atoms with Gasteiger partial charge in [0, 0.05) is 19.3 Å². The molecule has 0 aromatic heterocycles. The van der Waals surface area contributed by atoms with Crippen molar-refractivity contribution in [1.82, 2.24) is 0 Å². The zero-order valence-corrected chi connectivity index (χ0v) is 30.0. The third-order valence-corrected chi connectivity index (χ3v) is 15.4. The van der Waals surface area contributed by atoms with Gasteiger partial charge in [-0.15, -0.1) is 0 Å². The molecule has 4 saturated carbocycles. The maximum absolute atomic E-state index is 7.39. The number of benzene rings is 1. The van der Waals surface area contributed by atoms with Crippen LogP contribution in [0.25, 0.3) is 0 Å². The molecule has 6 aliphatic heterocycles. The monoisotopic (exact) mass is 662 g/mol. The van der Waals surface area contributed by atoms with Gasteiger partial charge in [-0.1, -0.05) is 45.9 Å². The van der Waals surface area contributed by atoms with Gasteiger partial charge in [-0.05, 0) is 125 Å². The van der Waals surface area contributed by atoms with Crippen molar-refractivity contribution in [2.45, 2.75) is 159 Å². The lowest BCUT2D eigenvalue weighted by Crippen LogP contribution is -2.71. The van der Waals surface area contributed by atoms with Crippen LogP contribution in [0.2, 0.25) is 0 Å². The fraction of sp³-hybridized carbons (Fsp3) is 0.825. The van der Waals surface area contributed by atoms with Crippen molar-refractivity contribution in [1.29, 1.82) is 0 Å². The quantitative estimate of drug-likeness (QED) is 0.193. The second kappa shape index (κ2) is 11.5. The molecule has 0 amide bonds. The Morgan fingerprint density at radius 3 is 1.85 bits per heavy atom. The zero-order valence-electron chi connectivity index (χ0n) is 30.0. The highest BCUT2D eigenvalue weighted by atomic mass is 17.2. The maximum Gasteiger partial charge on any atom is 0.136 e. The summed E-state index contributed by atoms with van der Waals surface area (Å²) >= 11 is 0. The summed E-state index contributed by atoms with van der Waals surface area (Å²) in [5.41, 5.74) is 4.15. The Morgan fingerprint density at radius 2 is 1.25 bits per heavy atom. The smallest absolute Gasteiger partial charge is 0.136 e. The number of nitrogens with zero attached hydrogens (tertiary/aromatic N) is 1. The highest BCUT2D eigenvalue weighted by molar-refractivity contribution is 5.90. The zero-order chi connectivity index (χ0) is 33.1. The molecule has 10 aliphatic rings. The van der Waals surface area contributed by atoms with Crippen LogP contribution in [-0.4, -0.2) is 52.5 Å². The van der Waals surface area contributed by atoms with Crippen LogP contribution in [0.5, 0.6) is 0 Å². The van der Waals surface area contributed by atoms with E-state index in [1.165, 1.54) is 12.8 Å². The van der Waals surface area contributed by atoms with Gasteiger partial charge in [0.05, 0.1) is 29.7 Å². The number of rotatable bonds is 5. The van der Waals surface area contributed by atoms with Crippen LogP contribution in [-0.2, 0) is 29.0 Å². The number of para-hydroxylation sites is 1. The van der Waals surface area contributed by atoms with E-state index in [-0.39, 0.29) is 52.7 Å². The van der Waals surface area contributed by atoms with Crippen LogP contribution in [0.3, 0.4) is 0 Å². The fourth-order valence-corrected chi connectivity index (χ4v) is 12.7. The molecule has 4 aliphatic carbocycles. The van der Waals surface area contributed by atoms with E-state index in [0.29, 0.717) is 41.4 Å². The van der Waals surface area contributed by atoms with Gasteiger partial charge in [-0.25, -0.2) is 19.6 Å². The van der Waals surface area contributed by atoms with Crippen molar-refractivity contribution in [3.05, 3.63) is 30.3 Å². The van der Waals surface area contributed by atoms with Crippen molar-refractivity contribution < 1.29 is 29.0 Å². The van der Waals surface area contributed by atoms with Gasteiger partial charge in [0.15, 0.2) is 0 Å². The van der Waals surface area contributed by atoms with Crippen molar-refractivity contribution in [2.75, 3.05) is 5.43 Å². The average molecular weight is 663 g/mol. The van der Waals surface area contributed by atoms with E-state index in [1.807, 2.05) is 6.07 Å². The molecule has 8 heteroatoms. The van der Waals surface area contributed by atoms with E-state index in [4.69, 9.17) is 34.1 Å². The summed E-state index contributed by atoms with van der Waals surface area (Å²) in [7, 11) is 0. The van der Waals surface area contributed by atoms with Gasteiger partial charge < -0.3 is 9.47 Å². The molecule has 6 saturated heterocycles. The molecule has 8 nitrogen and oxygen atoms in total. The Balaban J connectivity index is 1.07. The highest BCUT2D eigenvalue weighted by Gasteiger charge is 2.70. The fourth-order valence-electron chi connectivity index (χ4n) is 12.7. The summed E-state index contributed by atoms with van der Waals surface area (Å²) in [5.74, 6) is 3.41. The van der Waals surface area contributed by atoms with Crippen LogP contribution in [0.15, 0.2) is 35.4 Å². The summed E-state index contributed by atoms with van der Waals surface area (Å²) in [6.07, 6.45) is 11.5. The average Bonchev–Trinajstić information content (AvgIpc) is 3.45. The SMILES string of the molecule is C[C@H]1[C@@H](/C(C[C@H]2O[C@@H]3C[C@@]4(C)CC[C@H]5[C@H](C)CC[C@@H]([C@H]2C)[C@@]35OO4)=N\Nc2ccccc2)O[C@@H]2C[C@@]3(C)CC[C@H]4[C@H](C)CC[C@@H]1[C@@]24OO3. The van der Waals surface area contributed by atoms with E-state index in [0.717, 1.165) is 69.2 Å². The number of anilines is 1. The lowest BCUT2D eigenvalue weighted by Gasteiger charge is -2.62. The Morgan fingerprint density at radius 1 is 0.688 bits per heavy atom. The predicted molar refractivity (Wildman–Crippen MR) is 183 cm³/mol. The van der Waals surface area contributed by atoms with E-state index < -0.39 is 0 Å². The lowest BCUT2D eigenvalue weighted by atomic mass is 9.55. The minimum absolute atomic E-state index is 0.0173. The first kappa shape index (κ1) is 32.4. The summed E-state index contributed by atoms with van der Waals surface area (Å²) in [4.78, 5) is 25.9.